The predicted octanol–water partition coefficient (Wildman–Crippen LogP) is 19.0. The molecular weight excluding hydrogens is 809 g/mol. The lowest BCUT2D eigenvalue weighted by Gasteiger charge is -2.33. The summed E-state index contributed by atoms with van der Waals surface area (Å²) in [4.78, 5) is 2.34. The maximum atomic E-state index is 2.60. The number of aryl methyl sites for hydroxylation is 4. The van der Waals surface area contributed by atoms with E-state index < -0.39 is 0 Å². The minimum Gasteiger partial charge on any atom is -0.311 e. The number of fused-ring (bicyclic) bond motifs is 6. The van der Waals surface area contributed by atoms with E-state index in [1.807, 2.05) is 0 Å². The fraction of sp³-hybridized carbons (Fsp3) is 0.262. The van der Waals surface area contributed by atoms with Gasteiger partial charge in [-0.25, -0.2) is 0 Å². The minimum atomic E-state index is 0.0584. The van der Waals surface area contributed by atoms with Crippen molar-refractivity contribution < 1.29 is 0 Å². The summed E-state index contributed by atoms with van der Waals surface area (Å²) in [6, 6.07) is 64.6. The molecule has 9 aromatic rings. The third-order valence-electron chi connectivity index (χ3n) is 14.9. The first kappa shape index (κ1) is 44.2. The second kappa shape index (κ2) is 18.9. The quantitative estimate of drug-likeness (QED) is 0.0878. The van der Waals surface area contributed by atoms with Crippen LogP contribution in [0.5, 0.6) is 0 Å². The highest BCUT2D eigenvalue weighted by molar-refractivity contribution is 6.11. The normalized spacial score (nSPS) is 12.7. The van der Waals surface area contributed by atoms with Crippen molar-refractivity contribution in [2.75, 3.05) is 4.90 Å². The minimum absolute atomic E-state index is 0.0584. The molecular formula is C65H66N2. The first-order valence-electron chi connectivity index (χ1n) is 25.2. The van der Waals surface area contributed by atoms with E-state index in [-0.39, 0.29) is 5.41 Å². The SMILES string of the molecule is CCCCCCC1(CCCCCC)c2cc(C)ccc2-c2ccc(-c3ccc4c(c3)c3cc(C)ccc3n4-c3ccc(-c4ccc(N(c5ccc(C)cc5)c5ccc(C)cc5)cc4)cc3)cc21. The van der Waals surface area contributed by atoms with Crippen molar-refractivity contribution in [2.24, 2.45) is 0 Å². The second-order valence-corrected chi connectivity index (χ2v) is 19.7. The van der Waals surface area contributed by atoms with Gasteiger partial charge in [0.2, 0.25) is 0 Å². The maximum absolute atomic E-state index is 2.60. The monoisotopic (exact) mass is 875 g/mol. The Morgan fingerprint density at radius 2 is 0.791 bits per heavy atom. The molecule has 0 spiro atoms. The number of nitrogens with zero attached hydrogens (tertiary/aromatic N) is 2. The van der Waals surface area contributed by atoms with Gasteiger partial charge in [-0.05, 0) is 164 Å². The van der Waals surface area contributed by atoms with E-state index in [0.717, 1.165) is 17.1 Å². The Labute approximate surface area is 400 Å². The van der Waals surface area contributed by atoms with Crippen LogP contribution in [0.2, 0.25) is 0 Å². The number of anilines is 3. The van der Waals surface area contributed by atoms with Gasteiger partial charge < -0.3 is 9.47 Å². The summed E-state index contributed by atoms with van der Waals surface area (Å²) in [6.45, 7) is 13.4. The van der Waals surface area contributed by atoms with Gasteiger partial charge in [0, 0.05) is 38.9 Å². The average molecular weight is 875 g/mol. The fourth-order valence-electron chi connectivity index (χ4n) is 11.2. The van der Waals surface area contributed by atoms with Gasteiger partial charge in [0.25, 0.3) is 0 Å². The summed E-state index contributed by atoms with van der Waals surface area (Å²) in [5, 5.41) is 2.60. The van der Waals surface area contributed by atoms with Crippen LogP contribution in [-0.2, 0) is 5.41 Å². The van der Waals surface area contributed by atoms with Crippen molar-refractivity contribution >= 4 is 38.9 Å². The third kappa shape index (κ3) is 8.52. The number of hydrogen-bond acceptors (Lipinski definition) is 1. The van der Waals surface area contributed by atoms with Gasteiger partial charge in [-0.15, -0.1) is 0 Å². The molecule has 0 N–H and O–H groups in total. The first-order chi connectivity index (χ1) is 32.7. The van der Waals surface area contributed by atoms with Gasteiger partial charge in [-0.3, -0.25) is 0 Å². The van der Waals surface area contributed by atoms with Crippen molar-refractivity contribution in [1.29, 1.82) is 0 Å². The number of hydrogen-bond donors (Lipinski definition) is 0. The van der Waals surface area contributed by atoms with E-state index in [2.05, 4.69) is 221 Å². The molecule has 336 valence electrons. The van der Waals surface area contributed by atoms with Gasteiger partial charge in [0.1, 0.15) is 0 Å². The van der Waals surface area contributed by atoms with E-state index in [9.17, 15) is 0 Å². The van der Waals surface area contributed by atoms with Crippen molar-refractivity contribution in [3.63, 3.8) is 0 Å². The molecule has 2 nitrogen and oxygen atoms in total. The molecule has 0 bridgehead atoms. The highest BCUT2D eigenvalue weighted by atomic mass is 15.1. The van der Waals surface area contributed by atoms with Crippen molar-refractivity contribution in [1.82, 2.24) is 4.57 Å². The highest BCUT2D eigenvalue weighted by Crippen LogP contribution is 2.55. The van der Waals surface area contributed by atoms with Crippen LogP contribution in [0.25, 0.3) is 60.9 Å². The maximum Gasteiger partial charge on any atom is 0.0541 e. The Hall–Kier alpha value is -6.64. The molecule has 67 heavy (non-hydrogen) atoms. The standard InChI is InChI=1S/C65H66N2/c1-7-9-11-13-39-65(40-14-12-10-8-2)61-42-48(6)19-35-57(61)58-36-25-52(44-62(58)65)51-26-38-64-60(43-51)59-41-47(5)20-37-63(59)67(64)56-33-23-50(24-34-56)49-21-31-55(32-22-49)66(53-27-15-45(3)16-28-53)54-29-17-46(4)18-30-54/h15-38,41-44H,7-14,39-40H2,1-6H3. The Kier molecular flexibility index (Phi) is 12.5. The summed E-state index contributed by atoms with van der Waals surface area (Å²) in [7, 11) is 0. The summed E-state index contributed by atoms with van der Waals surface area (Å²) in [5.74, 6) is 0. The topological polar surface area (TPSA) is 8.17 Å². The molecule has 1 heterocycles. The number of rotatable bonds is 16. The van der Waals surface area contributed by atoms with Crippen molar-refractivity contribution in [2.45, 2.75) is 111 Å². The van der Waals surface area contributed by atoms with E-state index in [4.69, 9.17) is 0 Å². The summed E-state index contributed by atoms with van der Waals surface area (Å²) in [5.41, 5.74) is 23.3. The van der Waals surface area contributed by atoms with E-state index in [1.165, 1.54) is 147 Å². The molecule has 0 aliphatic heterocycles. The van der Waals surface area contributed by atoms with Crippen LogP contribution in [-0.4, -0.2) is 4.57 Å². The third-order valence-corrected chi connectivity index (χ3v) is 14.9. The molecule has 1 aliphatic rings. The molecule has 0 unspecified atom stereocenters. The van der Waals surface area contributed by atoms with Crippen LogP contribution in [0.3, 0.4) is 0 Å². The zero-order valence-corrected chi connectivity index (χ0v) is 40.6. The van der Waals surface area contributed by atoms with Crippen LogP contribution < -0.4 is 4.90 Å². The van der Waals surface area contributed by atoms with Crippen LogP contribution in [0, 0.1) is 27.7 Å². The Balaban J connectivity index is 0.996. The van der Waals surface area contributed by atoms with Crippen LogP contribution >= 0.6 is 0 Å². The van der Waals surface area contributed by atoms with Gasteiger partial charge in [-0.1, -0.05) is 178 Å². The Bertz CT molecular complexity index is 3110. The fourth-order valence-corrected chi connectivity index (χ4v) is 11.2. The van der Waals surface area contributed by atoms with Crippen LogP contribution in [0.15, 0.2) is 170 Å². The lowest BCUT2D eigenvalue weighted by Crippen LogP contribution is -2.25. The van der Waals surface area contributed by atoms with Crippen LogP contribution in [0.1, 0.15) is 111 Å². The van der Waals surface area contributed by atoms with Crippen molar-refractivity contribution in [3.8, 4) is 39.1 Å². The largest absolute Gasteiger partial charge is 0.311 e. The highest BCUT2D eigenvalue weighted by Gasteiger charge is 2.42. The lowest BCUT2D eigenvalue weighted by atomic mass is 9.70. The van der Waals surface area contributed by atoms with Gasteiger partial charge in [-0.2, -0.15) is 0 Å². The zero-order valence-electron chi connectivity index (χ0n) is 40.6. The summed E-state index contributed by atoms with van der Waals surface area (Å²) < 4.78 is 2.46. The molecule has 0 radical (unpaired) electrons. The molecule has 10 rings (SSSR count). The Morgan fingerprint density at radius 3 is 1.37 bits per heavy atom. The van der Waals surface area contributed by atoms with Crippen molar-refractivity contribution in [3.05, 3.63) is 203 Å². The molecule has 2 heteroatoms. The molecule has 0 amide bonds. The van der Waals surface area contributed by atoms with E-state index in [1.54, 1.807) is 11.1 Å². The molecule has 8 aromatic carbocycles. The average Bonchev–Trinajstić information content (AvgIpc) is 3.81. The van der Waals surface area contributed by atoms with E-state index >= 15 is 0 Å². The summed E-state index contributed by atoms with van der Waals surface area (Å²) in [6.07, 6.45) is 12.8. The van der Waals surface area contributed by atoms with E-state index in [0.29, 0.717) is 0 Å². The molecule has 0 saturated heterocycles. The predicted molar refractivity (Wildman–Crippen MR) is 289 cm³/mol. The smallest absolute Gasteiger partial charge is 0.0541 e. The lowest BCUT2D eigenvalue weighted by molar-refractivity contribution is 0.401. The summed E-state index contributed by atoms with van der Waals surface area (Å²) >= 11 is 0. The van der Waals surface area contributed by atoms with Gasteiger partial charge in [0.15, 0.2) is 0 Å². The molecule has 0 fully saturated rings. The second-order valence-electron chi connectivity index (χ2n) is 19.7. The van der Waals surface area contributed by atoms with Gasteiger partial charge >= 0.3 is 0 Å². The molecule has 1 aromatic heterocycles. The number of benzene rings is 8. The number of unbranched alkanes of at least 4 members (excludes halogenated alkanes) is 6. The van der Waals surface area contributed by atoms with Crippen LogP contribution in [0.4, 0.5) is 17.1 Å². The molecule has 0 atom stereocenters. The number of aromatic nitrogens is 1. The zero-order chi connectivity index (χ0) is 46.1. The molecule has 1 aliphatic carbocycles. The molecule has 0 saturated carbocycles. The first-order valence-corrected chi connectivity index (χ1v) is 25.2. The van der Waals surface area contributed by atoms with Gasteiger partial charge in [0.05, 0.1) is 11.0 Å². The Morgan fingerprint density at radius 1 is 0.373 bits per heavy atom.